The maximum absolute atomic E-state index is 11.0. The number of nitrogen functional groups attached to an aromatic ring is 1. The van der Waals surface area contributed by atoms with E-state index in [1.54, 1.807) is 12.1 Å². The first kappa shape index (κ1) is 7.72. The first-order valence-corrected chi connectivity index (χ1v) is 3.80. The summed E-state index contributed by atoms with van der Waals surface area (Å²) in [5, 5.41) is 6.48. The van der Waals surface area contributed by atoms with Gasteiger partial charge in [-0.15, -0.1) is 0 Å². The Kier molecular flexibility index (Phi) is 1.51. The van der Waals surface area contributed by atoms with Crippen LogP contribution in [0.3, 0.4) is 0 Å². The van der Waals surface area contributed by atoms with Crippen LogP contribution >= 0.6 is 0 Å². The number of nitrogens with one attached hydrogen (secondary N) is 1. The molecule has 2 rings (SSSR count). The van der Waals surface area contributed by atoms with Crippen molar-refractivity contribution in [3.63, 3.8) is 0 Å². The van der Waals surface area contributed by atoms with Crippen LogP contribution in [0.25, 0.3) is 11.0 Å². The lowest BCUT2D eigenvalue weighted by Crippen LogP contribution is -1.96. The molecule has 2 aromatic rings. The number of aromatic nitrogens is 3. The Morgan fingerprint density at radius 2 is 2.31 bits per heavy atom. The van der Waals surface area contributed by atoms with Crippen molar-refractivity contribution in [1.29, 1.82) is 0 Å². The zero-order valence-corrected chi connectivity index (χ0v) is 7.03. The summed E-state index contributed by atoms with van der Waals surface area (Å²) in [4.78, 5) is 15.1. The zero-order valence-electron chi connectivity index (χ0n) is 7.03. The van der Waals surface area contributed by atoms with Crippen LogP contribution in [0.5, 0.6) is 0 Å². The van der Waals surface area contributed by atoms with Crippen molar-refractivity contribution in [3.8, 4) is 0 Å². The number of hydrogen-bond donors (Lipinski definition) is 2. The molecule has 2 heterocycles. The number of carbonyl (C=O) groups excluding carboxylic acids is 1. The van der Waals surface area contributed by atoms with E-state index in [0.717, 1.165) is 5.52 Å². The molecule has 0 saturated heterocycles. The molecule has 0 spiro atoms. The van der Waals surface area contributed by atoms with Crippen LogP contribution in [0.4, 0.5) is 5.82 Å². The lowest BCUT2D eigenvalue weighted by atomic mass is 10.2. The average molecular weight is 176 g/mol. The molecule has 0 aliphatic heterocycles. The van der Waals surface area contributed by atoms with Crippen molar-refractivity contribution in [2.45, 2.75) is 6.92 Å². The van der Waals surface area contributed by atoms with Gasteiger partial charge in [0.15, 0.2) is 11.6 Å². The Balaban J connectivity index is 2.72. The number of carbonyl (C=O) groups is 1. The molecule has 5 nitrogen and oxygen atoms in total. The first-order valence-electron chi connectivity index (χ1n) is 3.80. The minimum Gasteiger partial charge on any atom is -0.380 e. The molecule has 0 fully saturated rings. The van der Waals surface area contributed by atoms with Gasteiger partial charge in [-0.2, -0.15) is 5.10 Å². The minimum absolute atomic E-state index is 0.0810. The van der Waals surface area contributed by atoms with E-state index in [2.05, 4.69) is 15.2 Å². The van der Waals surface area contributed by atoms with Crippen molar-refractivity contribution in [2.75, 3.05) is 5.73 Å². The van der Waals surface area contributed by atoms with Crippen molar-refractivity contribution < 1.29 is 4.79 Å². The second-order valence-corrected chi connectivity index (χ2v) is 2.76. The third kappa shape index (κ3) is 1.14. The van der Waals surface area contributed by atoms with Gasteiger partial charge in [0.1, 0.15) is 11.2 Å². The molecule has 0 bridgehead atoms. The Morgan fingerprint density at radius 3 is 3.00 bits per heavy atom. The topological polar surface area (TPSA) is 84.7 Å². The van der Waals surface area contributed by atoms with Crippen molar-refractivity contribution in [2.24, 2.45) is 0 Å². The number of rotatable bonds is 1. The van der Waals surface area contributed by atoms with Crippen LogP contribution in [0.2, 0.25) is 0 Å². The number of aromatic amines is 1. The standard InChI is InChI=1S/C8H8N4O/c1-4(13)5-2-3-6-7(10-5)8(9)12-11-6/h2-3H,1H3,(H3,9,11,12). The summed E-state index contributed by atoms with van der Waals surface area (Å²) in [5.41, 5.74) is 7.22. The van der Waals surface area contributed by atoms with Crippen molar-refractivity contribution in [3.05, 3.63) is 17.8 Å². The molecule has 0 radical (unpaired) electrons. The summed E-state index contributed by atoms with van der Waals surface area (Å²) >= 11 is 0. The number of Topliss-reactive ketones (excluding diaryl/α,β-unsaturated/α-hetero) is 1. The molecule has 3 N–H and O–H groups in total. The van der Waals surface area contributed by atoms with E-state index in [0.29, 0.717) is 17.0 Å². The molecular formula is C8H8N4O. The van der Waals surface area contributed by atoms with E-state index in [9.17, 15) is 4.79 Å². The van der Waals surface area contributed by atoms with Gasteiger partial charge in [-0.1, -0.05) is 0 Å². The second-order valence-electron chi connectivity index (χ2n) is 2.76. The predicted octanol–water partition coefficient (Wildman–Crippen LogP) is 0.743. The smallest absolute Gasteiger partial charge is 0.178 e. The number of nitrogens with zero attached hydrogens (tertiary/aromatic N) is 2. The van der Waals surface area contributed by atoms with Gasteiger partial charge in [-0.3, -0.25) is 9.89 Å². The number of pyridine rings is 1. The Morgan fingerprint density at radius 1 is 1.54 bits per heavy atom. The second kappa shape index (κ2) is 2.55. The number of nitrogens with two attached hydrogens (primary N) is 1. The van der Waals surface area contributed by atoms with E-state index in [4.69, 9.17) is 5.73 Å². The van der Waals surface area contributed by atoms with E-state index in [1.165, 1.54) is 6.92 Å². The van der Waals surface area contributed by atoms with Crippen LogP contribution < -0.4 is 5.73 Å². The van der Waals surface area contributed by atoms with Crippen LogP contribution in [-0.4, -0.2) is 21.0 Å². The fourth-order valence-electron chi connectivity index (χ4n) is 1.11. The Bertz CT molecular complexity index is 474. The lowest BCUT2D eigenvalue weighted by molar-refractivity contribution is 0.101. The molecule has 2 aromatic heterocycles. The molecule has 0 saturated carbocycles. The monoisotopic (exact) mass is 176 g/mol. The fourth-order valence-corrected chi connectivity index (χ4v) is 1.11. The molecule has 0 aromatic carbocycles. The van der Waals surface area contributed by atoms with Crippen molar-refractivity contribution in [1.82, 2.24) is 15.2 Å². The lowest BCUT2D eigenvalue weighted by Gasteiger charge is -1.93. The van der Waals surface area contributed by atoms with E-state index in [1.807, 2.05) is 0 Å². The molecule has 0 aliphatic carbocycles. The number of ketones is 1. The molecule has 66 valence electrons. The summed E-state index contributed by atoms with van der Waals surface area (Å²) < 4.78 is 0. The van der Waals surface area contributed by atoms with E-state index >= 15 is 0 Å². The molecule has 13 heavy (non-hydrogen) atoms. The zero-order chi connectivity index (χ0) is 9.42. The first-order chi connectivity index (χ1) is 6.18. The summed E-state index contributed by atoms with van der Waals surface area (Å²) in [6.45, 7) is 1.46. The largest absolute Gasteiger partial charge is 0.380 e. The van der Waals surface area contributed by atoms with Gasteiger partial charge in [-0.05, 0) is 12.1 Å². The number of hydrogen-bond acceptors (Lipinski definition) is 4. The maximum atomic E-state index is 11.0. The molecule has 0 aliphatic rings. The average Bonchev–Trinajstić information content (AvgIpc) is 2.47. The molecule has 0 atom stereocenters. The highest BCUT2D eigenvalue weighted by Crippen LogP contribution is 2.15. The molecular weight excluding hydrogens is 168 g/mol. The van der Waals surface area contributed by atoms with Crippen LogP contribution in [0, 0.1) is 0 Å². The number of H-pyrrole nitrogens is 1. The Hall–Kier alpha value is -1.91. The Labute approximate surface area is 74.0 Å². The van der Waals surface area contributed by atoms with E-state index in [-0.39, 0.29) is 5.78 Å². The highest BCUT2D eigenvalue weighted by molar-refractivity contribution is 5.95. The van der Waals surface area contributed by atoms with Crippen LogP contribution in [0.1, 0.15) is 17.4 Å². The number of anilines is 1. The third-order valence-electron chi connectivity index (χ3n) is 1.80. The van der Waals surface area contributed by atoms with Gasteiger partial charge >= 0.3 is 0 Å². The summed E-state index contributed by atoms with van der Waals surface area (Å²) in [5.74, 6) is 0.237. The van der Waals surface area contributed by atoms with E-state index < -0.39 is 0 Å². The highest BCUT2D eigenvalue weighted by atomic mass is 16.1. The quantitative estimate of drug-likeness (QED) is 0.627. The van der Waals surface area contributed by atoms with Gasteiger partial charge in [0.05, 0.1) is 5.52 Å². The normalized spacial score (nSPS) is 10.5. The fraction of sp³-hybridized carbons (Fsp3) is 0.125. The van der Waals surface area contributed by atoms with Gasteiger partial charge in [0.2, 0.25) is 0 Å². The molecule has 0 amide bonds. The van der Waals surface area contributed by atoms with Gasteiger partial charge < -0.3 is 5.73 Å². The highest BCUT2D eigenvalue weighted by Gasteiger charge is 2.06. The predicted molar refractivity (Wildman–Crippen MR) is 48.3 cm³/mol. The summed E-state index contributed by atoms with van der Waals surface area (Å²) in [6, 6.07) is 3.38. The van der Waals surface area contributed by atoms with Crippen LogP contribution in [-0.2, 0) is 0 Å². The summed E-state index contributed by atoms with van der Waals surface area (Å²) in [7, 11) is 0. The minimum atomic E-state index is -0.0810. The third-order valence-corrected chi connectivity index (χ3v) is 1.80. The maximum Gasteiger partial charge on any atom is 0.178 e. The SMILES string of the molecule is CC(=O)c1ccc2[nH]nc(N)c2n1. The molecule has 0 unspecified atom stereocenters. The van der Waals surface area contributed by atoms with Gasteiger partial charge in [-0.25, -0.2) is 4.98 Å². The summed E-state index contributed by atoms with van der Waals surface area (Å²) in [6.07, 6.45) is 0. The number of fused-ring (bicyclic) bond motifs is 1. The van der Waals surface area contributed by atoms with Gasteiger partial charge in [0, 0.05) is 6.92 Å². The van der Waals surface area contributed by atoms with Crippen molar-refractivity contribution >= 4 is 22.6 Å². The molecule has 5 heteroatoms. The van der Waals surface area contributed by atoms with Crippen LogP contribution in [0.15, 0.2) is 12.1 Å². The van der Waals surface area contributed by atoms with Gasteiger partial charge in [0.25, 0.3) is 0 Å².